The number of nitrogens with zero attached hydrogens (tertiary/aromatic N) is 1. The summed E-state index contributed by atoms with van der Waals surface area (Å²) in [6.07, 6.45) is 2.20. The van der Waals surface area contributed by atoms with Gasteiger partial charge in [-0.05, 0) is 37.0 Å². The van der Waals surface area contributed by atoms with E-state index in [1.807, 2.05) is 11.9 Å². The fraction of sp³-hybridized carbons (Fsp3) is 0.500. The minimum absolute atomic E-state index is 0.242. The Hall–Kier alpha value is -1.26. The Morgan fingerprint density at radius 1 is 1.58 bits per heavy atom. The summed E-state index contributed by atoms with van der Waals surface area (Å²) in [6.45, 7) is 2.38. The summed E-state index contributed by atoms with van der Waals surface area (Å²) < 4.78 is 5.45. The van der Waals surface area contributed by atoms with Crippen molar-refractivity contribution in [1.82, 2.24) is 0 Å². The normalized spacial score (nSPS) is 19.2. The number of carboxylic acid groups (broad SMARTS) is 1. The lowest BCUT2D eigenvalue weighted by atomic mass is 10.0. The van der Waals surface area contributed by atoms with Crippen LogP contribution in [0, 0.1) is 5.92 Å². The van der Waals surface area contributed by atoms with Crippen LogP contribution in [0.3, 0.4) is 0 Å². The Kier molecular flexibility index (Phi) is 4.66. The molecule has 0 aromatic heterocycles. The number of benzene rings is 1. The van der Waals surface area contributed by atoms with E-state index >= 15 is 0 Å². The Bertz CT molecular complexity index is 458. The fourth-order valence-electron chi connectivity index (χ4n) is 2.45. The van der Waals surface area contributed by atoms with E-state index in [0.29, 0.717) is 16.6 Å². The molecule has 2 rings (SSSR count). The number of hydrogen-bond donors (Lipinski definition) is 1. The standard InChI is InChI=1S/C14H18ClNO3/c1-16(8-10-3-2-6-19-9-10)13-5-4-11(15)7-12(13)14(17)18/h4-5,7,10H,2-3,6,8-9H2,1H3,(H,17,18). The molecule has 1 aromatic rings. The Balaban J connectivity index is 2.13. The molecule has 1 aliphatic rings. The van der Waals surface area contributed by atoms with Crippen LogP contribution in [0.2, 0.25) is 5.02 Å². The zero-order chi connectivity index (χ0) is 13.8. The van der Waals surface area contributed by atoms with Gasteiger partial charge in [-0.3, -0.25) is 0 Å². The molecule has 1 aliphatic heterocycles. The minimum Gasteiger partial charge on any atom is -0.478 e. The third-order valence-corrected chi connectivity index (χ3v) is 3.62. The Morgan fingerprint density at radius 2 is 2.37 bits per heavy atom. The molecule has 1 atom stereocenters. The number of ether oxygens (including phenoxy) is 1. The van der Waals surface area contributed by atoms with Crippen LogP contribution in [0.15, 0.2) is 18.2 Å². The van der Waals surface area contributed by atoms with Gasteiger partial charge in [0.25, 0.3) is 0 Å². The molecule has 1 heterocycles. The number of halogens is 1. The second-order valence-electron chi connectivity index (χ2n) is 4.93. The lowest BCUT2D eigenvalue weighted by Crippen LogP contribution is -2.31. The third kappa shape index (κ3) is 3.61. The summed E-state index contributed by atoms with van der Waals surface area (Å²) in [4.78, 5) is 13.2. The first kappa shape index (κ1) is 14.2. The van der Waals surface area contributed by atoms with Gasteiger partial charge in [0, 0.05) is 25.2 Å². The third-order valence-electron chi connectivity index (χ3n) is 3.39. The second-order valence-corrected chi connectivity index (χ2v) is 5.37. The number of rotatable bonds is 4. The molecule has 1 N–H and O–H groups in total. The number of carbonyl (C=O) groups is 1. The first-order valence-electron chi connectivity index (χ1n) is 6.39. The summed E-state index contributed by atoms with van der Waals surface area (Å²) in [6, 6.07) is 4.97. The maximum absolute atomic E-state index is 11.3. The molecule has 19 heavy (non-hydrogen) atoms. The van der Waals surface area contributed by atoms with Gasteiger partial charge in [-0.2, -0.15) is 0 Å². The van der Waals surface area contributed by atoms with Crippen LogP contribution in [0.4, 0.5) is 5.69 Å². The van der Waals surface area contributed by atoms with Gasteiger partial charge in [0.05, 0.1) is 17.9 Å². The van der Waals surface area contributed by atoms with Crippen molar-refractivity contribution in [1.29, 1.82) is 0 Å². The molecule has 0 spiro atoms. The number of carboxylic acids is 1. The summed E-state index contributed by atoms with van der Waals surface area (Å²) in [5.41, 5.74) is 0.939. The lowest BCUT2D eigenvalue weighted by molar-refractivity contribution is 0.0576. The van der Waals surface area contributed by atoms with Crippen molar-refractivity contribution in [3.8, 4) is 0 Å². The molecule has 0 radical (unpaired) electrons. The molecule has 4 nitrogen and oxygen atoms in total. The molecule has 0 aliphatic carbocycles. The molecule has 104 valence electrons. The van der Waals surface area contributed by atoms with E-state index in [2.05, 4.69) is 0 Å². The predicted octanol–water partition coefficient (Wildman–Crippen LogP) is 2.90. The minimum atomic E-state index is -0.954. The van der Waals surface area contributed by atoms with Crippen molar-refractivity contribution in [2.75, 3.05) is 31.7 Å². The monoisotopic (exact) mass is 283 g/mol. The number of aromatic carboxylic acids is 1. The van der Waals surface area contributed by atoms with E-state index in [-0.39, 0.29) is 5.56 Å². The van der Waals surface area contributed by atoms with Crippen LogP contribution >= 0.6 is 11.6 Å². The van der Waals surface area contributed by atoms with Crippen molar-refractivity contribution >= 4 is 23.3 Å². The first-order chi connectivity index (χ1) is 9.08. The van der Waals surface area contributed by atoms with E-state index in [4.69, 9.17) is 16.3 Å². The molecule has 5 heteroatoms. The first-order valence-corrected chi connectivity index (χ1v) is 6.77. The van der Waals surface area contributed by atoms with Crippen molar-refractivity contribution in [2.45, 2.75) is 12.8 Å². The maximum atomic E-state index is 11.3. The average molecular weight is 284 g/mol. The van der Waals surface area contributed by atoms with Crippen LogP contribution < -0.4 is 4.90 Å². The topological polar surface area (TPSA) is 49.8 Å². The molecule has 1 saturated heterocycles. The summed E-state index contributed by atoms with van der Waals surface area (Å²) in [7, 11) is 1.91. The van der Waals surface area contributed by atoms with Gasteiger partial charge >= 0.3 is 5.97 Å². The van der Waals surface area contributed by atoms with Gasteiger partial charge in [-0.15, -0.1) is 0 Å². The van der Waals surface area contributed by atoms with E-state index in [1.165, 1.54) is 6.07 Å². The highest BCUT2D eigenvalue weighted by molar-refractivity contribution is 6.31. The van der Waals surface area contributed by atoms with Gasteiger partial charge in [0.2, 0.25) is 0 Å². The van der Waals surface area contributed by atoms with Crippen molar-refractivity contribution in [3.63, 3.8) is 0 Å². The van der Waals surface area contributed by atoms with Crippen LogP contribution in [-0.4, -0.2) is 37.9 Å². The highest BCUT2D eigenvalue weighted by Gasteiger charge is 2.19. The molecule has 1 aromatic carbocycles. The van der Waals surface area contributed by atoms with E-state index in [1.54, 1.807) is 12.1 Å². The van der Waals surface area contributed by atoms with Crippen LogP contribution in [-0.2, 0) is 4.74 Å². The van der Waals surface area contributed by atoms with Gasteiger partial charge in [-0.1, -0.05) is 11.6 Å². The second kappa shape index (κ2) is 6.26. The summed E-state index contributed by atoms with van der Waals surface area (Å²) >= 11 is 5.86. The lowest BCUT2D eigenvalue weighted by Gasteiger charge is -2.29. The smallest absolute Gasteiger partial charge is 0.337 e. The Labute approximate surface area is 117 Å². The average Bonchev–Trinajstić information content (AvgIpc) is 2.39. The van der Waals surface area contributed by atoms with E-state index < -0.39 is 5.97 Å². The van der Waals surface area contributed by atoms with E-state index in [9.17, 15) is 9.90 Å². The van der Waals surface area contributed by atoms with Gasteiger partial charge in [-0.25, -0.2) is 4.79 Å². The zero-order valence-corrected chi connectivity index (χ0v) is 11.7. The fourth-order valence-corrected chi connectivity index (χ4v) is 2.62. The zero-order valence-electron chi connectivity index (χ0n) is 10.9. The van der Waals surface area contributed by atoms with Gasteiger partial charge in [0.1, 0.15) is 0 Å². The van der Waals surface area contributed by atoms with E-state index in [0.717, 1.165) is 32.6 Å². The molecular formula is C14H18ClNO3. The highest BCUT2D eigenvalue weighted by Crippen LogP contribution is 2.25. The van der Waals surface area contributed by atoms with Crippen molar-refractivity contribution in [2.24, 2.45) is 5.92 Å². The number of hydrogen-bond acceptors (Lipinski definition) is 3. The maximum Gasteiger partial charge on any atom is 0.337 e. The van der Waals surface area contributed by atoms with Gasteiger partial charge < -0.3 is 14.7 Å². The molecular weight excluding hydrogens is 266 g/mol. The SMILES string of the molecule is CN(CC1CCCOC1)c1ccc(Cl)cc1C(=O)O. The van der Waals surface area contributed by atoms with Crippen LogP contribution in [0.1, 0.15) is 23.2 Å². The van der Waals surface area contributed by atoms with Crippen molar-refractivity contribution < 1.29 is 14.6 Å². The number of anilines is 1. The van der Waals surface area contributed by atoms with Crippen molar-refractivity contribution in [3.05, 3.63) is 28.8 Å². The largest absolute Gasteiger partial charge is 0.478 e. The highest BCUT2D eigenvalue weighted by atomic mass is 35.5. The van der Waals surface area contributed by atoms with Gasteiger partial charge in [0.15, 0.2) is 0 Å². The summed E-state index contributed by atoms with van der Waals surface area (Å²) in [5.74, 6) is -0.500. The predicted molar refractivity (Wildman–Crippen MR) is 75.2 cm³/mol. The molecule has 0 amide bonds. The Morgan fingerprint density at radius 3 is 3.00 bits per heavy atom. The molecule has 0 saturated carbocycles. The quantitative estimate of drug-likeness (QED) is 0.923. The van der Waals surface area contributed by atoms with Crippen LogP contribution in [0.5, 0.6) is 0 Å². The van der Waals surface area contributed by atoms with Crippen LogP contribution in [0.25, 0.3) is 0 Å². The molecule has 1 fully saturated rings. The summed E-state index contributed by atoms with van der Waals surface area (Å²) in [5, 5.41) is 9.68. The molecule has 0 bridgehead atoms. The molecule has 1 unspecified atom stereocenters.